The van der Waals surface area contributed by atoms with Crippen LogP contribution in [0, 0.1) is 11.3 Å². The Hall–Kier alpha value is -3.11. The van der Waals surface area contributed by atoms with E-state index in [1.807, 2.05) is 12.1 Å². The van der Waals surface area contributed by atoms with Gasteiger partial charge in [-0.25, -0.2) is 4.98 Å². The highest BCUT2D eigenvalue weighted by Gasteiger charge is 2.18. The topological polar surface area (TPSA) is 81.5 Å². The van der Waals surface area contributed by atoms with Gasteiger partial charge < -0.3 is 15.0 Å². The second-order valence-electron chi connectivity index (χ2n) is 6.31. The van der Waals surface area contributed by atoms with Gasteiger partial charge in [0.2, 0.25) is 0 Å². The number of carbonyl (C=O) groups is 1. The lowest BCUT2D eigenvalue weighted by atomic mass is 10.2. The van der Waals surface area contributed by atoms with Gasteiger partial charge in [0.25, 0.3) is 5.91 Å². The van der Waals surface area contributed by atoms with Crippen LogP contribution in [0.1, 0.15) is 16.1 Å². The van der Waals surface area contributed by atoms with Gasteiger partial charge >= 0.3 is 0 Å². The number of aromatic nitrogens is 1. The van der Waals surface area contributed by atoms with Gasteiger partial charge in [-0.2, -0.15) is 5.26 Å². The summed E-state index contributed by atoms with van der Waals surface area (Å²) in [6, 6.07) is 14.7. The molecule has 0 unspecified atom stereocenters. The summed E-state index contributed by atoms with van der Waals surface area (Å²) in [4.78, 5) is 21.0. The molecule has 0 saturated carbocycles. The van der Waals surface area contributed by atoms with Gasteiger partial charge in [-0.15, -0.1) is 0 Å². The van der Waals surface area contributed by atoms with Crippen LogP contribution in [0.4, 0.5) is 5.82 Å². The maximum absolute atomic E-state index is 12.2. The Morgan fingerprint density at radius 1 is 1.19 bits per heavy atom. The molecule has 0 radical (unpaired) electrons. The Labute approximate surface area is 159 Å². The summed E-state index contributed by atoms with van der Waals surface area (Å²) in [7, 11) is 1.60. The molecule has 1 amide bonds. The highest BCUT2D eigenvalue weighted by molar-refractivity contribution is 5.94. The first kappa shape index (κ1) is 18.7. The van der Waals surface area contributed by atoms with Crippen LogP contribution in [0.3, 0.4) is 0 Å². The average Bonchev–Trinajstić information content (AvgIpc) is 2.74. The lowest BCUT2D eigenvalue weighted by Gasteiger charge is -2.35. The number of carbonyl (C=O) groups excluding carboxylic acids is 1. The monoisotopic (exact) mass is 365 g/mol. The molecule has 1 saturated heterocycles. The minimum atomic E-state index is -0.0752. The van der Waals surface area contributed by atoms with E-state index < -0.39 is 0 Å². The molecule has 0 bridgehead atoms. The van der Waals surface area contributed by atoms with Crippen molar-refractivity contribution >= 4 is 11.7 Å². The van der Waals surface area contributed by atoms with Crippen molar-refractivity contribution in [3.05, 3.63) is 53.7 Å². The number of anilines is 1. The zero-order valence-corrected chi connectivity index (χ0v) is 15.4. The van der Waals surface area contributed by atoms with Crippen molar-refractivity contribution < 1.29 is 9.53 Å². The van der Waals surface area contributed by atoms with E-state index in [1.165, 1.54) is 0 Å². The van der Waals surface area contributed by atoms with Crippen LogP contribution < -0.4 is 15.0 Å². The summed E-state index contributed by atoms with van der Waals surface area (Å²) >= 11 is 0. The minimum Gasteiger partial charge on any atom is -0.497 e. The van der Waals surface area contributed by atoms with Gasteiger partial charge in [0.1, 0.15) is 23.3 Å². The summed E-state index contributed by atoms with van der Waals surface area (Å²) in [6.45, 7) is 4.92. The second-order valence-corrected chi connectivity index (χ2v) is 6.31. The zero-order valence-electron chi connectivity index (χ0n) is 15.4. The maximum Gasteiger partial charge on any atom is 0.251 e. The van der Waals surface area contributed by atoms with Crippen molar-refractivity contribution in [3.63, 3.8) is 0 Å². The van der Waals surface area contributed by atoms with Gasteiger partial charge in [-0.1, -0.05) is 6.07 Å². The van der Waals surface area contributed by atoms with Crippen LogP contribution in [0.5, 0.6) is 5.75 Å². The van der Waals surface area contributed by atoms with Crippen LogP contribution in [-0.2, 0) is 0 Å². The van der Waals surface area contributed by atoms with E-state index >= 15 is 0 Å². The standard InChI is InChI=1S/C20H23N5O2/c1-27-18-7-5-16(6-8-18)20(26)22-9-10-24-11-13-25(14-12-24)19-4-2-3-17(15-21)23-19/h2-8H,9-14H2,1H3,(H,22,26). The van der Waals surface area contributed by atoms with E-state index in [9.17, 15) is 4.79 Å². The summed E-state index contributed by atoms with van der Waals surface area (Å²) in [5.74, 6) is 1.51. The molecule has 1 aliphatic heterocycles. The van der Waals surface area contributed by atoms with Crippen LogP contribution in [0.25, 0.3) is 0 Å². The SMILES string of the molecule is COc1ccc(C(=O)NCCN2CCN(c3cccc(C#N)n3)CC2)cc1. The summed E-state index contributed by atoms with van der Waals surface area (Å²) in [5, 5.41) is 11.9. The predicted molar refractivity (Wildman–Crippen MR) is 103 cm³/mol. The number of nitriles is 1. The Kier molecular flexibility index (Phi) is 6.23. The molecule has 1 N–H and O–H groups in total. The van der Waals surface area contributed by atoms with Crippen LogP contribution >= 0.6 is 0 Å². The molecule has 7 nitrogen and oxygen atoms in total. The van der Waals surface area contributed by atoms with Crippen LogP contribution in [-0.4, -0.2) is 62.2 Å². The van der Waals surface area contributed by atoms with Gasteiger partial charge in [0.15, 0.2) is 0 Å². The molecule has 2 heterocycles. The molecule has 1 aromatic carbocycles. The number of rotatable bonds is 6. The van der Waals surface area contributed by atoms with Gasteiger partial charge in [-0.05, 0) is 36.4 Å². The quantitative estimate of drug-likeness (QED) is 0.836. The highest BCUT2D eigenvalue weighted by Crippen LogP contribution is 2.14. The van der Waals surface area contributed by atoms with Crippen molar-refractivity contribution in [2.75, 3.05) is 51.3 Å². The molecule has 1 aliphatic rings. The Bertz CT molecular complexity index is 808. The zero-order chi connectivity index (χ0) is 19.1. The van der Waals surface area contributed by atoms with E-state index in [1.54, 1.807) is 37.4 Å². The fourth-order valence-electron chi connectivity index (χ4n) is 3.03. The Morgan fingerprint density at radius 3 is 2.59 bits per heavy atom. The largest absolute Gasteiger partial charge is 0.497 e. The number of hydrogen-bond donors (Lipinski definition) is 1. The lowest BCUT2D eigenvalue weighted by Crippen LogP contribution is -2.48. The number of pyridine rings is 1. The number of ether oxygens (including phenoxy) is 1. The van der Waals surface area contributed by atoms with Crippen molar-refractivity contribution in [2.24, 2.45) is 0 Å². The fraction of sp³-hybridized carbons (Fsp3) is 0.350. The molecule has 27 heavy (non-hydrogen) atoms. The van der Waals surface area contributed by atoms with E-state index in [0.29, 0.717) is 17.8 Å². The van der Waals surface area contributed by atoms with Crippen molar-refractivity contribution in [3.8, 4) is 11.8 Å². The first-order valence-electron chi connectivity index (χ1n) is 8.96. The summed E-state index contributed by atoms with van der Waals surface area (Å²) < 4.78 is 5.10. The molecule has 7 heteroatoms. The first-order chi connectivity index (χ1) is 13.2. The van der Waals surface area contributed by atoms with Crippen LogP contribution in [0.2, 0.25) is 0 Å². The number of hydrogen-bond acceptors (Lipinski definition) is 6. The van der Waals surface area contributed by atoms with E-state index in [2.05, 4.69) is 26.2 Å². The molecular weight excluding hydrogens is 342 g/mol. The number of piperazine rings is 1. The van der Waals surface area contributed by atoms with Crippen molar-refractivity contribution in [2.45, 2.75) is 0 Å². The number of methoxy groups -OCH3 is 1. The normalized spacial score (nSPS) is 14.4. The molecular formula is C20H23N5O2. The third kappa shape index (κ3) is 4.96. The third-order valence-electron chi connectivity index (χ3n) is 4.61. The smallest absolute Gasteiger partial charge is 0.251 e. The molecule has 1 fully saturated rings. The summed E-state index contributed by atoms with van der Waals surface area (Å²) in [6.07, 6.45) is 0. The average molecular weight is 365 g/mol. The van der Waals surface area contributed by atoms with Gasteiger partial charge in [0.05, 0.1) is 7.11 Å². The van der Waals surface area contributed by atoms with E-state index in [4.69, 9.17) is 10.00 Å². The molecule has 2 aromatic rings. The van der Waals surface area contributed by atoms with Gasteiger partial charge in [-0.3, -0.25) is 9.69 Å². The minimum absolute atomic E-state index is 0.0752. The van der Waals surface area contributed by atoms with Gasteiger partial charge in [0, 0.05) is 44.8 Å². The number of amides is 1. The second kappa shape index (κ2) is 9.01. The molecule has 140 valence electrons. The lowest BCUT2D eigenvalue weighted by molar-refractivity contribution is 0.0947. The Balaban J connectivity index is 1.41. The van der Waals surface area contributed by atoms with Crippen LogP contribution in [0.15, 0.2) is 42.5 Å². The molecule has 0 spiro atoms. The van der Waals surface area contributed by atoms with E-state index in [0.717, 1.165) is 44.3 Å². The number of nitrogens with zero attached hydrogens (tertiary/aromatic N) is 4. The number of benzene rings is 1. The number of nitrogens with one attached hydrogen (secondary N) is 1. The maximum atomic E-state index is 12.2. The molecule has 0 atom stereocenters. The molecule has 0 aliphatic carbocycles. The molecule has 3 rings (SSSR count). The fourth-order valence-corrected chi connectivity index (χ4v) is 3.03. The molecule has 1 aromatic heterocycles. The van der Waals surface area contributed by atoms with Crippen molar-refractivity contribution in [1.82, 2.24) is 15.2 Å². The van der Waals surface area contributed by atoms with E-state index in [-0.39, 0.29) is 5.91 Å². The highest BCUT2D eigenvalue weighted by atomic mass is 16.5. The van der Waals surface area contributed by atoms with Crippen molar-refractivity contribution in [1.29, 1.82) is 5.26 Å². The predicted octanol–water partition coefficient (Wildman–Crippen LogP) is 1.51. The third-order valence-corrected chi connectivity index (χ3v) is 4.61. The summed E-state index contributed by atoms with van der Waals surface area (Å²) in [5.41, 5.74) is 1.07. The Morgan fingerprint density at radius 2 is 1.93 bits per heavy atom. The first-order valence-corrected chi connectivity index (χ1v) is 8.96.